The maximum Gasteiger partial charge on any atom is 0.251 e. The van der Waals surface area contributed by atoms with Crippen LogP contribution < -0.4 is 10.6 Å². The molecule has 0 aromatic heterocycles. The lowest BCUT2D eigenvalue weighted by atomic mass is 10.0. The van der Waals surface area contributed by atoms with Crippen LogP contribution in [0.25, 0.3) is 10.8 Å². The third-order valence-corrected chi connectivity index (χ3v) is 4.90. The van der Waals surface area contributed by atoms with Crippen LogP contribution in [0.4, 0.5) is 0 Å². The Kier molecular flexibility index (Phi) is 5.74. The quantitative estimate of drug-likeness (QED) is 0.766. The first-order valence-corrected chi connectivity index (χ1v) is 9.30. The molecule has 1 unspecified atom stereocenters. The number of hydrogen-bond acceptors (Lipinski definition) is 3. The lowest BCUT2D eigenvalue weighted by Gasteiger charge is -2.20. The Hall–Kier alpha value is -2.89. The van der Waals surface area contributed by atoms with Crippen LogP contribution in [0.15, 0.2) is 42.5 Å². The molecule has 1 aliphatic rings. The summed E-state index contributed by atoms with van der Waals surface area (Å²) in [6.07, 6.45) is 0.256. The van der Waals surface area contributed by atoms with Gasteiger partial charge in [-0.25, -0.2) is 0 Å². The molecule has 6 heteroatoms. The highest BCUT2D eigenvalue weighted by molar-refractivity contribution is 6.07. The summed E-state index contributed by atoms with van der Waals surface area (Å²) in [6, 6.07) is 13.5. The van der Waals surface area contributed by atoms with Crippen LogP contribution in [-0.2, 0) is 9.59 Å². The molecule has 1 aliphatic heterocycles. The number of carbonyl (C=O) groups excluding carboxylic acids is 3. The minimum atomic E-state index is -0.311. The van der Waals surface area contributed by atoms with Crippen LogP contribution in [0, 0.1) is 5.92 Å². The summed E-state index contributed by atoms with van der Waals surface area (Å²) in [4.78, 5) is 38.3. The van der Waals surface area contributed by atoms with Gasteiger partial charge in [-0.15, -0.1) is 0 Å². The SMILES string of the molecule is CC(C)N1CC(C(=O)NCCNC(=O)c2cccc3ccccc23)CC1=O. The van der Waals surface area contributed by atoms with Gasteiger partial charge in [0.25, 0.3) is 5.91 Å². The molecule has 1 saturated heterocycles. The van der Waals surface area contributed by atoms with Gasteiger partial charge >= 0.3 is 0 Å². The zero-order valence-corrected chi connectivity index (χ0v) is 15.7. The Labute approximate surface area is 158 Å². The Balaban J connectivity index is 1.48. The second-order valence-electron chi connectivity index (χ2n) is 7.11. The standard InChI is InChI=1S/C21H25N3O3/c1-14(2)24-13-16(12-19(24)25)20(26)22-10-11-23-21(27)18-9-5-7-15-6-3-4-8-17(15)18/h3-9,14,16H,10-13H2,1-2H3,(H,22,26)(H,23,27). The van der Waals surface area contributed by atoms with Gasteiger partial charge in [0.15, 0.2) is 0 Å². The van der Waals surface area contributed by atoms with Crippen molar-refractivity contribution in [1.29, 1.82) is 0 Å². The second kappa shape index (κ2) is 8.20. The topological polar surface area (TPSA) is 78.5 Å². The molecule has 6 nitrogen and oxygen atoms in total. The first-order chi connectivity index (χ1) is 13.0. The van der Waals surface area contributed by atoms with Crippen LogP contribution in [0.3, 0.4) is 0 Å². The third-order valence-electron chi connectivity index (χ3n) is 4.90. The van der Waals surface area contributed by atoms with E-state index in [4.69, 9.17) is 0 Å². The first-order valence-electron chi connectivity index (χ1n) is 9.30. The highest BCUT2D eigenvalue weighted by atomic mass is 16.2. The number of fused-ring (bicyclic) bond motifs is 1. The summed E-state index contributed by atoms with van der Waals surface area (Å²) in [6.45, 7) is 5.02. The average molecular weight is 367 g/mol. The van der Waals surface area contributed by atoms with E-state index in [0.29, 0.717) is 25.2 Å². The predicted molar refractivity (Wildman–Crippen MR) is 104 cm³/mol. The van der Waals surface area contributed by atoms with Crippen molar-refractivity contribution in [1.82, 2.24) is 15.5 Å². The van der Waals surface area contributed by atoms with Crippen molar-refractivity contribution in [2.45, 2.75) is 26.3 Å². The number of nitrogens with one attached hydrogen (secondary N) is 2. The van der Waals surface area contributed by atoms with Gasteiger partial charge in [-0.05, 0) is 30.7 Å². The van der Waals surface area contributed by atoms with Crippen molar-refractivity contribution in [2.24, 2.45) is 5.92 Å². The summed E-state index contributed by atoms with van der Waals surface area (Å²) >= 11 is 0. The van der Waals surface area contributed by atoms with E-state index in [1.807, 2.05) is 50.2 Å². The number of rotatable bonds is 6. The van der Waals surface area contributed by atoms with Crippen molar-refractivity contribution in [3.05, 3.63) is 48.0 Å². The van der Waals surface area contributed by atoms with Crippen LogP contribution >= 0.6 is 0 Å². The molecule has 27 heavy (non-hydrogen) atoms. The first kappa shape index (κ1) is 18.9. The van der Waals surface area contributed by atoms with Crippen LogP contribution in [0.2, 0.25) is 0 Å². The summed E-state index contributed by atoms with van der Waals surface area (Å²) in [5.41, 5.74) is 0.619. The van der Waals surface area contributed by atoms with E-state index < -0.39 is 0 Å². The number of amides is 3. The predicted octanol–water partition coefficient (Wildman–Crippen LogP) is 1.94. The number of hydrogen-bond donors (Lipinski definition) is 2. The fraction of sp³-hybridized carbons (Fsp3) is 0.381. The highest BCUT2D eigenvalue weighted by Crippen LogP contribution is 2.20. The van der Waals surface area contributed by atoms with E-state index in [1.165, 1.54) is 0 Å². The van der Waals surface area contributed by atoms with Crippen molar-refractivity contribution in [3.63, 3.8) is 0 Å². The van der Waals surface area contributed by atoms with E-state index in [2.05, 4.69) is 10.6 Å². The second-order valence-corrected chi connectivity index (χ2v) is 7.11. The molecule has 1 fully saturated rings. The lowest BCUT2D eigenvalue weighted by molar-refractivity contribution is -0.129. The molecule has 1 heterocycles. The summed E-state index contributed by atoms with van der Waals surface area (Å²) in [7, 11) is 0. The monoisotopic (exact) mass is 367 g/mol. The maximum atomic E-state index is 12.4. The van der Waals surface area contributed by atoms with Gasteiger partial charge in [0.1, 0.15) is 0 Å². The minimum Gasteiger partial charge on any atom is -0.354 e. The van der Waals surface area contributed by atoms with Crippen LogP contribution in [0.1, 0.15) is 30.6 Å². The number of nitrogens with zero attached hydrogens (tertiary/aromatic N) is 1. The van der Waals surface area contributed by atoms with E-state index in [0.717, 1.165) is 10.8 Å². The molecule has 0 radical (unpaired) electrons. The smallest absolute Gasteiger partial charge is 0.251 e. The molecule has 1 atom stereocenters. The van der Waals surface area contributed by atoms with Gasteiger partial charge in [0, 0.05) is 37.7 Å². The Bertz CT molecular complexity index is 857. The zero-order valence-electron chi connectivity index (χ0n) is 15.7. The van der Waals surface area contributed by atoms with Crippen molar-refractivity contribution >= 4 is 28.5 Å². The van der Waals surface area contributed by atoms with Crippen molar-refractivity contribution in [2.75, 3.05) is 19.6 Å². The Morgan fingerprint density at radius 1 is 1.07 bits per heavy atom. The number of carbonyl (C=O) groups is 3. The molecule has 0 aliphatic carbocycles. The van der Waals surface area contributed by atoms with E-state index in [-0.39, 0.29) is 36.1 Å². The zero-order chi connectivity index (χ0) is 19.4. The van der Waals surface area contributed by atoms with Gasteiger partial charge in [-0.1, -0.05) is 36.4 Å². The minimum absolute atomic E-state index is 0.0226. The molecular weight excluding hydrogens is 342 g/mol. The van der Waals surface area contributed by atoms with E-state index in [1.54, 1.807) is 11.0 Å². The molecule has 2 aromatic carbocycles. The Morgan fingerprint density at radius 3 is 2.52 bits per heavy atom. The maximum absolute atomic E-state index is 12.4. The summed E-state index contributed by atoms with van der Waals surface area (Å²) in [5.74, 6) is -0.586. The molecule has 2 aromatic rings. The molecule has 2 N–H and O–H groups in total. The molecule has 0 bridgehead atoms. The molecule has 142 valence electrons. The summed E-state index contributed by atoms with van der Waals surface area (Å²) < 4.78 is 0. The lowest BCUT2D eigenvalue weighted by Crippen LogP contribution is -2.39. The normalized spacial score (nSPS) is 16.8. The molecule has 0 saturated carbocycles. The average Bonchev–Trinajstić information content (AvgIpc) is 3.06. The van der Waals surface area contributed by atoms with Gasteiger partial charge in [-0.2, -0.15) is 0 Å². The van der Waals surface area contributed by atoms with Gasteiger partial charge < -0.3 is 15.5 Å². The number of likely N-dealkylation sites (tertiary alicyclic amines) is 1. The highest BCUT2D eigenvalue weighted by Gasteiger charge is 2.35. The molecule has 0 spiro atoms. The molecule has 3 rings (SSSR count). The summed E-state index contributed by atoms with van der Waals surface area (Å²) in [5, 5.41) is 7.57. The largest absolute Gasteiger partial charge is 0.354 e. The van der Waals surface area contributed by atoms with E-state index in [9.17, 15) is 14.4 Å². The fourth-order valence-corrected chi connectivity index (χ4v) is 3.43. The Morgan fingerprint density at radius 2 is 1.78 bits per heavy atom. The van der Waals surface area contributed by atoms with Gasteiger partial charge in [-0.3, -0.25) is 14.4 Å². The van der Waals surface area contributed by atoms with E-state index >= 15 is 0 Å². The van der Waals surface area contributed by atoms with Gasteiger partial charge in [0.05, 0.1) is 5.92 Å². The van der Waals surface area contributed by atoms with Gasteiger partial charge in [0.2, 0.25) is 11.8 Å². The molecule has 3 amide bonds. The van der Waals surface area contributed by atoms with Crippen LogP contribution in [-0.4, -0.2) is 48.3 Å². The van der Waals surface area contributed by atoms with Crippen molar-refractivity contribution < 1.29 is 14.4 Å². The fourth-order valence-electron chi connectivity index (χ4n) is 3.43. The molecular formula is C21H25N3O3. The third kappa shape index (κ3) is 4.27. The van der Waals surface area contributed by atoms with Crippen LogP contribution in [0.5, 0.6) is 0 Å². The van der Waals surface area contributed by atoms with Crippen molar-refractivity contribution in [3.8, 4) is 0 Å². The number of benzene rings is 2.